The van der Waals surface area contributed by atoms with Crippen LogP contribution in [0, 0.1) is 5.92 Å². The largest absolute Gasteiger partial charge is 0.381 e. The van der Waals surface area contributed by atoms with Crippen LogP contribution in [0.4, 0.5) is 0 Å². The number of rotatable bonds is 8. The van der Waals surface area contributed by atoms with Crippen LogP contribution in [-0.4, -0.2) is 45.7 Å². The fourth-order valence-electron chi connectivity index (χ4n) is 4.07. The molecule has 1 aromatic carbocycles. The second-order valence-corrected chi connectivity index (χ2v) is 8.10. The summed E-state index contributed by atoms with van der Waals surface area (Å²) in [5, 5.41) is 5.19. The van der Waals surface area contributed by atoms with Gasteiger partial charge in [-0.3, -0.25) is 4.79 Å². The first kappa shape index (κ1) is 18.4. The highest BCUT2D eigenvalue weighted by molar-refractivity contribution is 5.89. The summed E-state index contributed by atoms with van der Waals surface area (Å²) in [6.45, 7) is 2.18. The third-order valence-corrected chi connectivity index (χ3v) is 5.88. The van der Waals surface area contributed by atoms with Gasteiger partial charge < -0.3 is 19.1 Å². The molecule has 0 spiro atoms. The van der Waals surface area contributed by atoms with Gasteiger partial charge in [0.2, 0.25) is 11.8 Å². The van der Waals surface area contributed by atoms with Crippen LogP contribution >= 0.6 is 0 Å². The van der Waals surface area contributed by atoms with Crippen LogP contribution in [-0.2, 0) is 22.4 Å². The molecule has 1 saturated carbocycles. The highest BCUT2D eigenvalue weighted by Gasteiger charge is 2.34. The van der Waals surface area contributed by atoms with E-state index in [1.165, 1.54) is 12.8 Å². The minimum Gasteiger partial charge on any atom is -0.381 e. The van der Waals surface area contributed by atoms with Crippen LogP contribution < -0.4 is 0 Å². The van der Waals surface area contributed by atoms with Gasteiger partial charge in [0.1, 0.15) is 6.04 Å². The number of fused-ring (bicyclic) bond motifs is 1. The summed E-state index contributed by atoms with van der Waals surface area (Å²) < 4.78 is 11.2. The third-order valence-electron chi connectivity index (χ3n) is 5.88. The van der Waals surface area contributed by atoms with Crippen molar-refractivity contribution < 1.29 is 14.1 Å². The number of amides is 1. The lowest BCUT2D eigenvalue weighted by atomic mass is 10.1. The van der Waals surface area contributed by atoms with Gasteiger partial charge >= 0.3 is 0 Å². The number of ether oxygens (including phenoxy) is 1. The average Bonchev–Trinajstić information content (AvgIpc) is 3.12. The first-order chi connectivity index (χ1) is 14.3. The molecule has 1 aliphatic carbocycles. The maximum Gasteiger partial charge on any atom is 0.249 e. The van der Waals surface area contributed by atoms with Crippen LogP contribution in [0.5, 0.6) is 0 Å². The molecule has 1 saturated heterocycles. The first-order valence-corrected chi connectivity index (χ1v) is 10.5. The average molecular weight is 394 g/mol. The predicted molar refractivity (Wildman–Crippen MR) is 107 cm³/mol. The van der Waals surface area contributed by atoms with E-state index in [4.69, 9.17) is 9.26 Å². The lowest BCUT2D eigenvalue weighted by Crippen LogP contribution is -2.32. The summed E-state index contributed by atoms with van der Waals surface area (Å²) in [5.41, 5.74) is 2.08. The molecule has 5 rings (SSSR count). The van der Waals surface area contributed by atoms with E-state index in [1.807, 2.05) is 35.4 Å². The molecule has 152 valence electrons. The van der Waals surface area contributed by atoms with Crippen molar-refractivity contribution in [2.24, 2.45) is 5.92 Å². The van der Waals surface area contributed by atoms with Gasteiger partial charge in [0.15, 0.2) is 5.82 Å². The van der Waals surface area contributed by atoms with E-state index in [1.54, 1.807) is 0 Å². The molecule has 1 unspecified atom stereocenters. The van der Waals surface area contributed by atoms with Crippen molar-refractivity contribution in [3.8, 4) is 0 Å². The van der Waals surface area contributed by atoms with Gasteiger partial charge in [-0.2, -0.15) is 4.98 Å². The van der Waals surface area contributed by atoms with Gasteiger partial charge in [0.25, 0.3) is 0 Å². The molecule has 2 aliphatic rings. The Labute approximate surface area is 169 Å². The van der Waals surface area contributed by atoms with Crippen molar-refractivity contribution in [3.05, 3.63) is 47.7 Å². The van der Waals surface area contributed by atoms with Crippen molar-refractivity contribution in [3.63, 3.8) is 0 Å². The number of likely N-dealkylation sites (tertiary alicyclic amines) is 1. The van der Waals surface area contributed by atoms with E-state index >= 15 is 0 Å². The van der Waals surface area contributed by atoms with Crippen LogP contribution in [0.3, 0.4) is 0 Å². The quantitative estimate of drug-likeness (QED) is 0.592. The van der Waals surface area contributed by atoms with Crippen LogP contribution in [0.25, 0.3) is 10.9 Å². The van der Waals surface area contributed by atoms with Crippen molar-refractivity contribution >= 4 is 16.8 Å². The summed E-state index contributed by atoms with van der Waals surface area (Å²) in [4.78, 5) is 22.7. The second kappa shape index (κ2) is 7.99. The molecule has 0 bridgehead atoms. The zero-order valence-corrected chi connectivity index (χ0v) is 16.5. The number of carbonyl (C=O) groups is 1. The zero-order valence-electron chi connectivity index (χ0n) is 16.5. The smallest absolute Gasteiger partial charge is 0.249 e. The van der Waals surface area contributed by atoms with Gasteiger partial charge in [-0.1, -0.05) is 23.4 Å². The Morgan fingerprint density at radius 1 is 1.28 bits per heavy atom. The molecule has 7 nitrogen and oxygen atoms in total. The Morgan fingerprint density at radius 2 is 2.17 bits per heavy atom. The van der Waals surface area contributed by atoms with Gasteiger partial charge in [0, 0.05) is 36.7 Å². The molecular formula is C22H26N4O3. The van der Waals surface area contributed by atoms with Crippen LogP contribution in [0.1, 0.15) is 49.0 Å². The highest BCUT2D eigenvalue weighted by Crippen LogP contribution is 2.32. The summed E-state index contributed by atoms with van der Waals surface area (Å²) >= 11 is 0. The number of aromatic nitrogens is 3. The van der Waals surface area contributed by atoms with Crippen molar-refractivity contribution in [2.75, 3.05) is 19.8 Å². The van der Waals surface area contributed by atoms with Crippen molar-refractivity contribution in [1.82, 2.24) is 20.0 Å². The Bertz CT molecular complexity index is 991. The number of para-hydroxylation sites is 1. The van der Waals surface area contributed by atoms with E-state index in [9.17, 15) is 4.79 Å². The standard InChI is InChI=1S/C22H26N4O3/c27-21(12-16-13-23-18-5-2-1-4-17(16)18)26-10-3-6-19(26)22-24-20(25-29-22)9-11-28-14-15-7-8-15/h1-2,4-5,13,15,19,23H,3,6-12,14H2. The Kier molecular flexibility index (Phi) is 5.06. The van der Waals surface area contributed by atoms with Gasteiger partial charge in [-0.15, -0.1) is 0 Å². The van der Waals surface area contributed by atoms with Crippen LogP contribution in [0.15, 0.2) is 35.0 Å². The molecule has 3 aromatic rings. The lowest BCUT2D eigenvalue weighted by Gasteiger charge is -2.21. The molecule has 29 heavy (non-hydrogen) atoms. The zero-order chi connectivity index (χ0) is 19.6. The molecule has 1 aliphatic heterocycles. The fourth-order valence-corrected chi connectivity index (χ4v) is 4.07. The summed E-state index contributed by atoms with van der Waals surface area (Å²) in [5.74, 6) is 2.06. The highest BCUT2D eigenvalue weighted by atomic mass is 16.5. The Balaban J connectivity index is 1.22. The normalized spacial score (nSPS) is 19.3. The molecular weight excluding hydrogens is 368 g/mol. The Hall–Kier alpha value is -2.67. The van der Waals surface area contributed by atoms with Gasteiger partial charge in [-0.05, 0) is 43.2 Å². The van der Waals surface area contributed by atoms with Crippen LogP contribution in [0.2, 0.25) is 0 Å². The molecule has 2 fully saturated rings. The maximum absolute atomic E-state index is 13.0. The number of benzene rings is 1. The van der Waals surface area contributed by atoms with Gasteiger partial charge in [-0.25, -0.2) is 0 Å². The van der Waals surface area contributed by atoms with E-state index in [2.05, 4.69) is 15.1 Å². The predicted octanol–water partition coefficient (Wildman–Crippen LogP) is 3.43. The lowest BCUT2D eigenvalue weighted by molar-refractivity contribution is -0.131. The van der Waals surface area contributed by atoms with Crippen molar-refractivity contribution in [2.45, 2.75) is 44.6 Å². The molecule has 7 heteroatoms. The van der Waals surface area contributed by atoms with E-state index < -0.39 is 0 Å². The fraction of sp³-hybridized carbons (Fsp3) is 0.500. The number of carbonyl (C=O) groups excluding carboxylic acids is 1. The first-order valence-electron chi connectivity index (χ1n) is 10.5. The maximum atomic E-state index is 13.0. The summed E-state index contributed by atoms with van der Waals surface area (Å²) in [7, 11) is 0. The molecule has 2 aromatic heterocycles. The minimum absolute atomic E-state index is 0.102. The number of nitrogens with one attached hydrogen (secondary N) is 1. The number of nitrogens with zero attached hydrogens (tertiary/aromatic N) is 3. The molecule has 3 heterocycles. The SMILES string of the molecule is O=C(Cc1c[nH]c2ccccc12)N1CCCC1c1nc(CCOCC2CC2)no1. The number of hydrogen-bond acceptors (Lipinski definition) is 5. The van der Waals surface area contributed by atoms with E-state index in [-0.39, 0.29) is 11.9 Å². The molecule has 0 radical (unpaired) electrons. The molecule has 1 N–H and O–H groups in total. The minimum atomic E-state index is -0.124. The topological polar surface area (TPSA) is 84.2 Å². The summed E-state index contributed by atoms with van der Waals surface area (Å²) in [6, 6.07) is 7.94. The van der Waals surface area contributed by atoms with E-state index in [0.29, 0.717) is 31.2 Å². The monoisotopic (exact) mass is 394 g/mol. The number of hydrogen-bond donors (Lipinski definition) is 1. The van der Waals surface area contributed by atoms with E-state index in [0.717, 1.165) is 48.4 Å². The molecule has 1 atom stereocenters. The number of aromatic amines is 1. The van der Waals surface area contributed by atoms with Gasteiger partial charge in [0.05, 0.1) is 13.0 Å². The van der Waals surface area contributed by atoms with Crippen molar-refractivity contribution in [1.29, 1.82) is 0 Å². The number of H-pyrrole nitrogens is 1. The summed E-state index contributed by atoms with van der Waals surface area (Å²) in [6.07, 6.45) is 7.33. The second-order valence-electron chi connectivity index (χ2n) is 8.10. The molecule has 1 amide bonds. The third kappa shape index (κ3) is 4.05. The Morgan fingerprint density at radius 3 is 3.07 bits per heavy atom.